The van der Waals surface area contributed by atoms with Crippen LogP contribution in [0.5, 0.6) is 0 Å². The lowest BCUT2D eigenvalue weighted by Gasteiger charge is -2.21. The molecule has 1 aliphatic carbocycles. The van der Waals surface area contributed by atoms with Gasteiger partial charge in [-0.25, -0.2) is 4.79 Å². The minimum Gasteiger partial charge on any atom is -0.395 e. The van der Waals surface area contributed by atoms with Crippen molar-refractivity contribution in [3.8, 4) is 0 Å². The predicted molar refractivity (Wildman–Crippen MR) is 67.2 cm³/mol. The zero-order chi connectivity index (χ0) is 13.5. The van der Waals surface area contributed by atoms with E-state index in [1.54, 1.807) is 0 Å². The van der Waals surface area contributed by atoms with Gasteiger partial charge in [0.05, 0.1) is 11.3 Å². The monoisotopic (exact) mass is 254 g/mol. The number of ether oxygens (including phenoxy) is 1. The second kappa shape index (κ2) is 7.13. The number of carbonyl (C=O) groups is 1. The first kappa shape index (κ1) is 14.7. The first-order valence-electron chi connectivity index (χ1n) is 6.32. The highest BCUT2D eigenvalue weighted by molar-refractivity contribution is 5.86. The summed E-state index contributed by atoms with van der Waals surface area (Å²) in [4.78, 5) is 21.6. The molecule has 1 unspecified atom stereocenters. The average Bonchev–Trinajstić information content (AvgIpc) is 2.34. The van der Waals surface area contributed by atoms with Gasteiger partial charge in [-0.05, 0) is 38.5 Å². The zero-order valence-corrected chi connectivity index (χ0v) is 10.8. The molecule has 0 heterocycles. The predicted octanol–water partition coefficient (Wildman–Crippen LogP) is 2.88. The van der Waals surface area contributed by atoms with Crippen LogP contribution >= 0.6 is 0 Å². The molecule has 1 atom stereocenters. The molecule has 0 aromatic carbocycles. The molecule has 0 aromatic heterocycles. The topological polar surface area (TPSA) is 69.4 Å². The van der Waals surface area contributed by atoms with Crippen molar-refractivity contribution in [2.24, 2.45) is 5.92 Å². The summed E-state index contributed by atoms with van der Waals surface area (Å²) in [5, 5.41) is 10.8. The van der Waals surface area contributed by atoms with Gasteiger partial charge in [0.15, 0.2) is 0 Å². The van der Waals surface area contributed by atoms with Crippen LogP contribution in [0.2, 0.25) is 0 Å². The maximum atomic E-state index is 11.3. The van der Waals surface area contributed by atoms with Crippen LogP contribution in [0.1, 0.15) is 45.4 Å². The van der Waals surface area contributed by atoms with E-state index in [-0.39, 0.29) is 12.0 Å². The number of rotatable bonds is 6. The minimum absolute atomic E-state index is 0.189. The van der Waals surface area contributed by atoms with Gasteiger partial charge >= 0.3 is 12.2 Å². The third kappa shape index (κ3) is 4.85. The van der Waals surface area contributed by atoms with E-state index in [1.807, 2.05) is 0 Å². The van der Waals surface area contributed by atoms with E-state index in [9.17, 15) is 14.9 Å². The summed E-state index contributed by atoms with van der Waals surface area (Å²) in [6.07, 6.45) is 6.37. The molecule has 18 heavy (non-hydrogen) atoms. The molecule has 1 aliphatic rings. The van der Waals surface area contributed by atoms with Gasteiger partial charge in [-0.15, -0.1) is 0 Å². The first-order chi connectivity index (χ1) is 8.50. The number of hydrogen-bond donors (Lipinski definition) is 0. The number of nitro groups is 1. The SMILES string of the molecule is C=C(C)C(=O)OC(CCC1CC[CH]CC1)[N+](=O)[O-]. The van der Waals surface area contributed by atoms with E-state index in [2.05, 4.69) is 13.0 Å². The molecule has 0 aromatic rings. The Labute approximate surface area is 107 Å². The van der Waals surface area contributed by atoms with Crippen molar-refractivity contribution in [2.75, 3.05) is 0 Å². The van der Waals surface area contributed by atoms with E-state index in [1.165, 1.54) is 6.92 Å². The van der Waals surface area contributed by atoms with Crippen molar-refractivity contribution < 1.29 is 14.5 Å². The van der Waals surface area contributed by atoms with E-state index >= 15 is 0 Å². The molecule has 1 radical (unpaired) electrons. The fourth-order valence-corrected chi connectivity index (χ4v) is 2.09. The van der Waals surface area contributed by atoms with E-state index in [0.717, 1.165) is 32.1 Å². The van der Waals surface area contributed by atoms with Gasteiger partial charge in [0, 0.05) is 5.57 Å². The summed E-state index contributed by atoms with van der Waals surface area (Å²) in [5.41, 5.74) is 0.189. The van der Waals surface area contributed by atoms with Crippen LogP contribution in [-0.2, 0) is 9.53 Å². The van der Waals surface area contributed by atoms with Crippen molar-refractivity contribution in [1.29, 1.82) is 0 Å². The smallest absolute Gasteiger partial charge is 0.356 e. The van der Waals surface area contributed by atoms with Gasteiger partial charge in [0.25, 0.3) is 0 Å². The molecule has 0 spiro atoms. The average molecular weight is 254 g/mol. The third-order valence-electron chi connectivity index (χ3n) is 3.21. The third-order valence-corrected chi connectivity index (χ3v) is 3.21. The van der Waals surface area contributed by atoms with Crippen molar-refractivity contribution >= 4 is 5.97 Å². The Morgan fingerprint density at radius 3 is 2.67 bits per heavy atom. The van der Waals surface area contributed by atoms with Crippen molar-refractivity contribution in [3.63, 3.8) is 0 Å². The van der Waals surface area contributed by atoms with Gasteiger partial charge in [0.1, 0.15) is 0 Å². The molecule has 5 heteroatoms. The normalized spacial score (nSPS) is 18.1. The van der Waals surface area contributed by atoms with E-state index < -0.39 is 17.1 Å². The fraction of sp³-hybridized carbons (Fsp3) is 0.692. The maximum absolute atomic E-state index is 11.3. The molecule has 1 saturated carbocycles. The summed E-state index contributed by atoms with van der Waals surface area (Å²) < 4.78 is 4.82. The van der Waals surface area contributed by atoms with Crippen LogP contribution < -0.4 is 0 Å². The van der Waals surface area contributed by atoms with Gasteiger partial charge in [-0.1, -0.05) is 19.4 Å². The summed E-state index contributed by atoms with van der Waals surface area (Å²) in [7, 11) is 0. The molecular formula is C13H20NO4. The molecule has 1 fully saturated rings. The Bertz CT molecular complexity index is 321. The first-order valence-corrected chi connectivity index (χ1v) is 6.32. The summed E-state index contributed by atoms with van der Waals surface area (Å²) >= 11 is 0. The summed E-state index contributed by atoms with van der Waals surface area (Å²) in [6.45, 7) is 4.90. The van der Waals surface area contributed by atoms with Gasteiger partial charge in [-0.3, -0.25) is 10.1 Å². The highest BCUT2D eigenvalue weighted by Crippen LogP contribution is 2.27. The van der Waals surface area contributed by atoms with E-state index in [0.29, 0.717) is 5.92 Å². The van der Waals surface area contributed by atoms with Crippen LogP contribution in [0.3, 0.4) is 0 Å². The van der Waals surface area contributed by atoms with Crippen LogP contribution in [0, 0.1) is 22.5 Å². The van der Waals surface area contributed by atoms with Crippen molar-refractivity contribution in [2.45, 2.75) is 51.7 Å². The van der Waals surface area contributed by atoms with Crippen LogP contribution in [-0.4, -0.2) is 17.1 Å². The van der Waals surface area contributed by atoms with Gasteiger partial charge in [0.2, 0.25) is 0 Å². The fourth-order valence-electron chi connectivity index (χ4n) is 2.09. The number of nitrogens with zero attached hydrogens (tertiary/aromatic N) is 1. The maximum Gasteiger partial charge on any atom is 0.356 e. The Balaban J connectivity index is 2.40. The molecular weight excluding hydrogens is 234 g/mol. The minimum atomic E-state index is -1.24. The van der Waals surface area contributed by atoms with Gasteiger partial charge < -0.3 is 4.74 Å². The Morgan fingerprint density at radius 2 is 2.17 bits per heavy atom. The van der Waals surface area contributed by atoms with Crippen molar-refractivity contribution in [3.05, 3.63) is 28.7 Å². The number of hydrogen-bond acceptors (Lipinski definition) is 4. The van der Waals surface area contributed by atoms with Crippen LogP contribution in [0.4, 0.5) is 0 Å². The Hall–Kier alpha value is -1.39. The quantitative estimate of drug-likeness (QED) is 0.240. The number of carbonyl (C=O) groups excluding carboxylic acids is 1. The molecule has 5 nitrogen and oxygen atoms in total. The van der Waals surface area contributed by atoms with Crippen LogP contribution in [0.25, 0.3) is 0 Å². The second-order valence-electron chi connectivity index (χ2n) is 4.81. The second-order valence-corrected chi connectivity index (χ2v) is 4.81. The summed E-state index contributed by atoms with van der Waals surface area (Å²) in [5.74, 6) is -0.172. The lowest BCUT2D eigenvalue weighted by molar-refractivity contribution is -0.569. The Morgan fingerprint density at radius 1 is 1.56 bits per heavy atom. The van der Waals surface area contributed by atoms with Crippen molar-refractivity contribution in [1.82, 2.24) is 0 Å². The largest absolute Gasteiger partial charge is 0.395 e. The molecule has 1 rings (SSSR count). The molecule has 0 saturated heterocycles. The highest BCUT2D eigenvalue weighted by Gasteiger charge is 2.26. The Kier molecular flexibility index (Phi) is 5.82. The highest BCUT2D eigenvalue weighted by atomic mass is 16.7. The molecule has 0 bridgehead atoms. The standard InChI is InChI=1S/C13H20NO4/c1-10(2)13(15)18-12(14(16)17)9-8-11-6-4-3-5-7-11/h3,11-12H,1,4-9H2,2H3. The lowest BCUT2D eigenvalue weighted by atomic mass is 9.86. The van der Waals surface area contributed by atoms with Gasteiger partial charge in [-0.2, -0.15) is 0 Å². The molecule has 0 aliphatic heterocycles. The molecule has 101 valence electrons. The lowest BCUT2D eigenvalue weighted by Crippen LogP contribution is -2.27. The van der Waals surface area contributed by atoms with Crippen LogP contribution in [0.15, 0.2) is 12.2 Å². The summed E-state index contributed by atoms with van der Waals surface area (Å²) in [6, 6.07) is 0. The van der Waals surface area contributed by atoms with E-state index in [4.69, 9.17) is 4.74 Å². The molecule has 0 N–H and O–H groups in total. The zero-order valence-electron chi connectivity index (χ0n) is 10.8. The number of esters is 1. The molecule has 0 amide bonds.